The van der Waals surface area contributed by atoms with Crippen molar-refractivity contribution >= 4 is 28.3 Å². The van der Waals surface area contributed by atoms with Gasteiger partial charge in [-0.3, -0.25) is 4.68 Å². The van der Waals surface area contributed by atoms with Crippen LogP contribution in [0.5, 0.6) is 0 Å². The number of imidazole rings is 1. The number of carbonyl (C=O) groups excluding carboxylic acids is 1. The lowest BCUT2D eigenvalue weighted by molar-refractivity contribution is 0.249. The van der Waals surface area contributed by atoms with Gasteiger partial charge in [-0.05, 0) is 43.5 Å². The number of benzene rings is 1. The highest BCUT2D eigenvalue weighted by molar-refractivity contribution is 5.97. The quantitative estimate of drug-likeness (QED) is 0.397. The molecule has 0 radical (unpaired) electrons. The van der Waals surface area contributed by atoms with Gasteiger partial charge in [0, 0.05) is 18.5 Å². The Kier molecular flexibility index (Phi) is 4.67. The summed E-state index contributed by atoms with van der Waals surface area (Å²) in [6, 6.07) is 6.14. The van der Waals surface area contributed by atoms with E-state index in [1.165, 1.54) is 6.07 Å². The molecule has 0 saturated heterocycles. The number of hydrogen-bond acceptors (Lipinski definition) is 5. The number of nitrogens with zero attached hydrogens (tertiary/aromatic N) is 6. The molecule has 0 bridgehead atoms. The van der Waals surface area contributed by atoms with Gasteiger partial charge in [0.2, 0.25) is 0 Å². The summed E-state index contributed by atoms with van der Waals surface area (Å²) in [5.41, 5.74) is 11.1. The summed E-state index contributed by atoms with van der Waals surface area (Å²) in [4.78, 5) is 15.2. The number of urea groups is 1. The molecule has 1 aromatic carbocycles. The number of fused-ring (bicyclic) bond motifs is 2. The van der Waals surface area contributed by atoms with E-state index in [9.17, 15) is 9.18 Å². The number of nitrogens with two attached hydrogens (primary N) is 1. The van der Waals surface area contributed by atoms with Gasteiger partial charge in [0.15, 0.2) is 5.65 Å². The van der Waals surface area contributed by atoms with E-state index >= 15 is 0 Å². The second-order valence-electron chi connectivity index (χ2n) is 6.68. The van der Waals surface area contributed by atoms with Crippen LogP contribution in [-0.4, -0.2) is 36.1 Å². The van der Waals surface area contributed by atoms with Crippen LogP contribution in [-0.2, 0) is 19.9 Å². The molecule has 0 aliphatic heterocycles. The summed E-state index contributed by atoms with van der Waals surface area (Å²) in [5.74, 6) is -0.260. The average Bonchev–Trinajstić information content (AvgIpc) is 3.27. The van der Waals surface area contributed by atoms with E-state index in [4.69, 9.17) is 5.73 Å². The number of halogens is 1. The maximum atomic E-state index is 14.5. The van der Waals surface area contributed by atoms with Crippen molar-refractivity contribution in [1.29, 1.82) is 0 Å². The lowest BCUT2D eigenvalue weighted by atomic mass is 10.1. The summed E-state index contributed by atoms with van der Waals surface area (Å²) < 4.78 is 17.8. The van der Waals surface area contributed by atoms with Crippen molar-refractivity contribution in [2.75, 3.05) is 0 Å². The molecule has 3 heterocycles. The number of hydrogen-bond donors (Lipinski definition) is 2. The molecule has 3 aromatic heterocycles. The Morgan fingerprint density at radius 2 is 2.10 bits per heavy atom. The van der Waals surface area contributed by atoms with Crippen molar-refractivity contribution in [1.82, 2.24) is 29.8 Å². The van der Waals surface area contributed by atoms with Crippen molar-refractivity contribution in [2.45, 2.75) is 19.8 Å². The highest BCUT2D eigenvalue weighted by Crippen LogP contribution is 2.20. The van der Waals surface area contributed by atoms with Gasteiger partial charge < -0.3 is 5.73 Å². The lowest BCUT2D eigenvalue weighted by Gasteiger charge is -2.06. The summed E-state index contributed by atoms with van der Waals surface area (Å²) in [7, 11) is 1.79. The van der Waals surface area contributed by atoms with Crippen LogP contribution in [0.15, 0.2) is 41.8 Å². The smallest absolute Gasteiger partial charge is 0.332 e. The molecule has 4 aromatic rings. The van der Waals surface area contributed by atoms with Crippen LogP contribution in [0.1, 0.15) is 23.9 Å². The molecule has 0 aliphatic rings. The zero-order valence-corrected chi connectivity index (χ0v) is 15.9. The van der Waals surface area contributed by atoms with E-state index in [2.05, 4.69) is 25.7 Å². The molecule has 9 nitrogen and oxygen atoms in total. The van der Waals surface area contributed by atoms with E-state index in [1.807, 2.05) is 6.07 Å². The molecule has 0 atom stereocenters. The van der Waals surface area contributed by atoms with Crippen molar-refractivity contribution in [3.63, 3.8) is 0 Å². The fourth-order valence-electron chi connectivity index (χ4n) is 3.16. The highest BCUT2D eigenvalue weighted by Gasteiger charge is 2.11. The predicted molar refractivity (Wildman–Crippen MR) is 106 cm³/mol. The molecule has 0 unspecified atom stereocenters. The van der Waals surface area contributed by atoms with Gasteiger partial charge in [-0.15, -0.1) is 0 Å². The number of amides is 2. The Morgan fingerprint density at radius 1 is 1.28 bits per heavy atom. The van der Waals surface area contributed by atoms with Gasteiger partial charge in [-0.25, -0.2) is 24.1 Å². The zero-order valence-electron chi connectivity index (χ0n) is 15.9. The molecule has 0 saturated carbocycles. The van der Waals surface area contributed by atoms with Gasteiger partial charge in [0.1, 0.15) is 11.5 Å². The Balaban J connectivity index is 1.60. The van der Waals surface area contributed by atoms with Crippen LogP contribution in [0.25, 0.3) is 16.6 Å². The van der Waals surface area contributed by atoms with Crippen LogP contribution in [0.4, 0.5) is 9.18 Å². The van der Waals surface area contributed by atoms with E-state index in [0.717, 1.165) is 16.6 Å². The summed E-state index contributed by atoms with van der Waals surface area (Å²) >= 11 is 0. The summed E-state index contributed by atoms with van der Waals surface area (Å²) in [6.07, 6.45) is 4.49. The topological polar surface area (TPSA) is 115 Å². The second-order valence-corrected chi connectivity index (χ2v) is 6.68. The van der Waals surface area contributed by atoms with Crippen LogP contribution in [0.2, 0.25) is 0 Å². The van der Waals surface area contributed by atoms with Gasteiger partial charge in [-0.1, -0.05) is 0 Å². The number of nitrogens with one attached hydrogen (secondary N) is 1. The first-order chi connectivity index (χ1) is 13.9. The number of hydrazone groups is 1. The molecule has 2 amide bonds. The van der Waals surface area contributed by atoms with Crippen LogP contribution in [0, 0.1) is 5.82 Å². The average molecular weight is 394 g/mol. The van der Waals surface area contributed by atoms with Crippen molar-refractivity contribution in [3.8, 4) is 0 Å². The molecular weight excluding hydrogens is 375 g/mol. The molecule has 148 valence electrons. The third-order valence-corrected chi connectivity index (χ3v) is 4.70. The second kappa shape index (κ2) is 7.30. The number of aryl methyl sites for hydroxylation is 3. The monoisotopic (exact) mass is 394 g/mol. The van der Waals surface area contributed by atoms with Gasteiger partial charge >= 0.3 is 6.03 Å². The standard InChI is InChI=1S/C19H19FN8O/c1-11(24-25-19(21)29)16-5-6-18-22-10-14(28(18)26-16)4-3-12-7-13-9-23-27(2)17(13)8-15(12)20/h5-10H,3-4H2,1-2H3,(H3,21,25,29)/b24-11-. The van der Waals surface area contributed by atoms with Crippen molar-refractivity contribution < 1.29 is 9.18 Å². The fourth-order valence-corrected chi connectivity index (χ4v) is 3.16. The first-order valence-electron chi connectivity index (χ1n) is 8.96. The van der Waals surface area contributed by atoms with E-state index in [0.29, 0.717) is 35.5 Å². The Hall–Kier alpha value is -3.82. The Labute approximate surface area is 165 Å². The zero-order chi connectivity index (χ0) is 20.5. The third kappa shape index (κ3) is 3.64. The number of aromatic nitrogens is 5. The summed E-state index contributed by atoms with van der Waals surface area (Å²) in [6.45, 7) is 1.71. The normalized spacial score (nSPS) is 12.0. The van der Waals surface area contributed by atoms with Gasteiger partial charge in [0.05, 0.1) is 29.3 Å². The van der Waals surface area contributed by atoms with Crippen LogP contribution in [0.3, 0.4) is 0 Å². The molecule has 10 heteroatoms. The lowest BCUT2D eigenvalue weighted by Crippen LogP contribution is -2.25. The minimum absolute atomic E-state index is 0.260. The minimum Gasteiger partial charge on any atom is -0.350 e. The number of rotatable bonds is 5. The van der Waals surface area contributed by atoms with Crippen molar-refractivity contribution in [2.24, 2.45) is 17.9 Å². The predicted octanol–water partition coefficient (Wildman–Crippen LogP) is 1.93. The molecular formula is C19H19FN8O. The molecule has 29 heavy (non-hydrogen) atoms. The van der Waals surface area contributed by atoms with Crippen molar-refractivity contribution in [3.05, 3.63) is 59.4 Å². The van der Waals surface area contributed by atoms with Crippen LogP contribution >= 0.6 is 0 Å². The van der Waals surface area contributed by atoms with Gasteiger partial charge in [-0.2, -0.15) is 15.3 Å². The fraction of sp³-hybridized carbons (Fsp3) is 0.211. The third-order valence-electron chi connectivity index (χ3n) is 4.70. The highest BCUT2D eigenvalue weighted by atomic mass is 19.1. The SMILES string of the molecule is C/C(=N/NC(N)=O)c1ccc2ncc(CCc3cc4cnn(C)c4cc3F)n2n1. The number of carbonyl (C=O) groups is 1. The maximum Gasteiger partial charge on any atom is 0.332 e. The van der Waals surface area contributed by atoms with E-state index in [-0.39, 0.29) is 5.82 Å². The molecule has 0 fully saturated rings. The molecule has 4 rings (SSSR count). The van der Waals surface area contributed by atoms with E-state index in [1.54, 1.807) is 47.7 Å². The first-order valence-corrected chi connectivity index (χ1v) is 8.96. The molecule has 0 spiro atoms. The summed E-state index contributed by atoms with van der Waals surface area (Å²) in [5, 5.41) is 13.5. The maximum absolute atomic E-state index is 14.5. The Morgan fingerprint density at radius 3 is 2.90 bits per heavy atom. The van der Waals surface area contributed by atoms with E-state index < -0.39 is 6.03 Å². The molecule has 3 N–H and O–H groups in total. The van der Waals surface area contributed by atoms with Gasteiger partial charge in [0.25, 0.3) is 0 Å². The number of primary amides is 1. The Bertz CT molecular complexity index is 1260. The van der Waals surface area contributed by atoms with Crippen LogP contribution < -0.4 is 11.2 Å². The minimum atomic E-state index is -0.749. The largest absolute Gasteiger partial charge is 0.350 e. The molecule has 0 aliphatic carbocycles. The first kappa shape index (κ1) is 18.5.